The van der Waals surface area contributed by atoms with Crippen molar-refractivity contribution in [3.63, 3.8) is 0 Å². The highest BCUT2D eigenvalue weighted by molar-refractivity contribution is 5.48. The molecule has 0 aromatic heterocycles. The predicted octanol–water partition coefficient (Wildman–Crippen LogP) is 4.15. The third-order valence-corrected chi connectivity index (χ3v) is 2.43. The number of hydrogen-bond acceptors (Lipinski definition) is 1. The predicted molar refractivity (Wildman–Crippen MR) is 68.5 cm³/mol. The zero-order valence-electron chi connectivity index (χ0n) is 10.6. The van der Waals surface area contributed by atoms with Gasteiger partial charge in [0.15, 0.2) is 0 Å². The lowest BCUT2D eigenvalue weighted by molar-refractivity contribution is 0.390. The molecule has 15 heavy (non-hydrogen) atoms. The molecular weight excluding hydrogens is 182 g/mol. The van der Waals surface area contributed by atoms with E-state index < -0.39 is 0 Å². The largest absolute Gasteiger partial charge is 0.385 e. The Morgan fingerprint density at radius 3 is 2.00 bits per heavy atom. The maximum absolute atomic E-state index is 3.48. The summed E-state index contributed by atoms with van der Waals surface area (Å²) in [5.74, 6) is 0. The van der Waals surface area contributed by atoms with E-state index in [1.807, 2.05) is 0 Å². The SMILES string of the molecule is Cc1cc(C)cc(NCCC(C)(C)C)c1. The molecule has 1 heteroatoms. The molecule has 1 N–H and O–H groups in total. The third-order valence-electron chi connectivity index (χ3n) is 2.43. The van der Waals surface area contributed by atoms with Crippen molar-refractivity contribution < 1.29 is 0 Å². The second-order valence-corrected chi connectivity index (χ2v) is 5.61. The normalized spacial score (nSPS) is 11.5. The van der Waals surface area contributed by atoms with E-state index in [-0.39, 0.29) is 0 Å². The zero-order valence-corrected chi connectivity index (χ0v) is 10.6. The number of anilines is 1. The first-order chi connectivity index (χ1) is 6.87. The van der Waals surface area contributed by atoms with Crippen molar-refractivity contribution in [3.05, 3.63) is 29.3 Å². The van der Waals surface area contributed by atoms with E-state index in [9.17, 15) is 0 Å². The van der Waals surface area contributed by atoms with Crippen LogP contribution in [0.3, 0.4) is 0 Å². The van der Waals surface area contributed by atoms with Crippen LogP contribution in [0.15, 0.2) is 18.2 Å². The van der Waals surface area contributed by atoms with Crippen molar-refractivity contribution in [2.75, 3.05) is 11.9 Å². The molecule has 1 aromatic carbocycles. The van der Waals surface area contributed by atoms with E-state index in [1.54, 1.807) is 0 Å². The highest BCUT2D eigenvalue weighted by atomic mass is 14.9. The number of hydrogen-bond donors (Lipinski definition) is 1. The molecule has 1 aromatic rings. The van der Waals surface area contributed by atoms with Gasteiger partial charge in [-0.25, -0.2) is 0 Å². The molecule has 1 rings (SSSR count). The molecular formula is C14H23N. The Labute approximate surface area is 93.9 Å². The topological polar surface area (TPSA) is 12.0 Å². The summed E-state index contributed by atoms with van der Waals surface area (Å²) in [4.78, 5) is 0. The zero-order chi connectivity index (χ0) is 11.5. The summed E-state index contributed by atoms with van der Waals surface area (Å²) in [6, 6.07) is 6.61. The summed E-state index contributed by atoms with van der Waals surface area (Å²) in [6.45, 7) is 12.2. The summed E-state index contributed by atoms with van der Waals surface area (Å²) < 4.78 is 0. The Morgan fingerprint density at radius 2 is 1.53 bits per heavy atom. The summed E-state index contributed by atoms with van der Waals surface area (Å²) >= 11 is 0. The molecule has 0 saturated carbocycles. The van der Waals surface area contributed by atoms with Crippen LogP contribution in [0.4, 0.5) is 5.69 Å². The van der Waals surface area contributed by atoms with Crippen LogP contribution in [0.5, 0.6) is 0 Å². The first-order valence-corrected chi connectivity index (χ1v) is 5.69. The van der Waals surface area contributed by atoms with Gasteiger partial charge in [-0.05, 0) is 48.9 Å². The molecule has 84 valence electrons. The molecule has 0 heterocycles. The van der Waals surface area contributed by atoms with E-state index in [0.29, 0.717) is 5.41 Å². The molecule has 1 nitrogen and oxygen atoms in total. The minimum absolute atomic E-state index is 0.409. The first-order valence-electron chi connectivity index (χ1n) is 5.69. The molecule has 0 aliphatic heterocycles. The van der Waals surface area contributed by atoms with Gasteiger partial charge in [0.2, 0.25) is 0 Å². The van der Waals surface area contributed by atoms with Gasteiger partial charge in [-0.3, -0.25) is 0 Å². The van der Waals surface area contributed by atoms with E-state index in [4.69, 9.17) is 0 Å². The van der Waals surface area contributed by atoms with Gasteiger partial charge in [-0.1, -0.05) is 26.8 Å². The van der Waals surface area contributed by atoms with Crippen LogP contribution in [0.25, 0.3) is 0 Å². The van der Waals surface area contributed by atoms with Crippen LogP contribution >= 0.6 is 0 Å². The van der Waals surface area contributed by atoms with Gasteiger partial charge in [-0.15, -0.1) is 0 Å². The smallest absolute Gasteiger partial charge is 0.0345 e. The molecule has 0 spiro atoms. The van der Waals surface area contributed by atoms with E-state index >= 15 is 0 Å². The lowest BCUT2D eigenvalue weighted by atomic mass is 9.92. The Kier molecular flexibility index (Phi) is 3.78. The molecule has 0 amide bonds. The van der Waals surface area contributed by atoms with Gasteiger partial charge in [0, 0.05) is 12.2 Å². The van der Waals surface area contributed by atoms with Crippen molar-refractivity contribution in [1.82, 2.24) is 0 Å². The minimum Gasteiger partial charge on any atom is -0.385 e. The summed E-state index contributed by atoms with van der Waals surface area (Å²) in [6.07, 6.45) is 1.19. The Morgan fingerprint density at radius 1 is 1.00 bits per heavy atom. The first kappa shape index (κ1) is 12.1. The third kappa shape index (κ3) is 4.87. The van der Waals surface area contributed by atoms with Crippen molar-refractivity contribution in [2.24, 2.45) is 5.41 Å². The number of rotatable bonds is 3. The van der Waals surface area contributed by atoms with Crippen LogP contribution in [0, 0.1) is 19.3 Å². The van der Waals surface area contributed by atoms with E-state index in [0.717, 1.165) is 6.54 Å². The van der Waals surface area contributed by atoms with E-state index in [1.165, 1.54) is 23.2 Å². The highest BCUT2D eigenvalue weighted by Crippen LogP contribution is 2.19. The Bertz CT molecular complexity index is 300. The molecule has 0 atom stereocenters. The van der Waals surface area contributed by atoms with Gasteiger partial charge in [0.05, 0.1) is 0 Å². The van der Waals surface area contributed by atoms with Gasteiger partial charge in [0.1, 0.15) is 0 Å². The summed E-state index contributed by atoms with van der Waals surface area (Å²) in [7, 11) is 0. The molecule has 0 radical (unpaired) electrons. The van der Waals surface area contributed by atoms with Gasteiger partial charge >= 0.3 is 0 Å². The standard InChI is InChI=1S/C14H23N/c1-11-8-12(2)10-13(9-11)15-7-6-14(3,4)5/h8-10,15H,6-7H2,1-5H3. The highest BCUT2D eigenvalue weighted by Gasteiger charge is 2.08. The fraction of sp³-hybridized carbons (Fsp3) is 0.571. The van der Waals surface area contributed by atoms with Gasteiger partial charge in [0.25, 0.3) is 0 Å². The number of nitrogens with one attached hydrogen (secondary N) is 1. The second-order valence-electron chi connectivity index (χ2n) is 5.61. The van der Waals surface area contributed by atoms with Gasteiger partial charge < -0.3 is 5.32 Å². The maximum Gasteiger partial charge on any atom is 0.0345 e. The van der Waals surface area contributed by atoms with E-state index in [2.05, 4.69) is 58.1 Å². The Balaban J connectivity index is 2.51. The van der Waals surface area contributed by atoms with Crippen LogP contribution in [0.1, 0.15) is 38.3 Å². The molecule has 0 bridgehead atoms. The van der Waals surface area contributed by atoms with Crippen LogP contribution in [0.2, 0.25) is 0 Å². The van der Waals surface area contributed by atoms with Gasteiger partial charge in [-0.2, -0.15) is 0 Å². The molecule has 0 saturated heterocycles. The second kappa shape index (κ2) is 4.69. The lowest BCUT2D eigenvalue weighted by Gasteiger charge is -2.18. The van der Waals surface area contributed by atoms with Crippen LogP contribution < -0.4 is 5.32 Å². The molecule has 0 aliphatic rings. The lowest BCUT2D eigenvalue weighted by Crippen LogP contribution is -2.12. The Hall–Kier alpha value is -0.980. The quantitative estimate of drug-likeness (QED) is 0.781. The monoisotopic (exact) mass is 205 g/mol. The number of benzene rings is 1. The fourth-order valence-electron chi connectivity index (χ4n) is 1.66. The number of aryl methyl sites for hydroxylation is 2. The van der Waals surface area contributed by atoms with Crippen molar-refractivity contribution in [3.8, 4) is 0 Å². The molecule has 0 aliphatic carbocycles. The molecule has 0 fully saturated rings. The summed E-state index contributed by atoms with van der Waals surface area (Å²) in [5, 5.41) is 3.48. The fourth-order valence-corrected chi connectivity index (χ4v) is 1.66. The molecule has 0 unspecified atom stereocenters. The van der Waals surface area contributed by atoms with Crippen LogP contribution in [-0.2, 0) is 0 Å². The van der Waals surface area contributed by atoms with Crippen molar-refractivity contribution in [2.45, 2.75) is 41.0 Å². The average molecular weight is 205 g/mol. The van der Waals surface area contributed by atoms with Crippen molar-refractivity contribution in [1.29, 1.82) is 0 Å². The van der Waals surface area contributed by atoms with Crippen molar-refractivity contribution >= 4 is 5.69 Å². The summed E-state index contributed by atoms with van der Waals surface area (Å²) in [5.41, 5.74) is 4.31. The van der Waals surface area contributed by atoms with Crippen LogP contribution in [-0.4, -0.2) is 6.54 Å². The minimum atomic E-state index is 0.409. The average Bonchev–Trinajstić information content (AvgIpc) is 1.99. The maximum atomic E-state index is 3.48.